The van der Waals surface area contributed by atoms with Crippen LogP contribution in [0.1, 0.15) is 24.0 Å². The Hall–Kier alpha value is -3.67. The van der Waals surface area contributed by atoms with Crippen molar-refractivity contribution >= 4 is 17.5 Å². The summed E-state index contributed by atoms with van der Waals surface area (Å²) in [7, 11) is 0. The normalized spacial score (nSPS) is 11.5. The van der Waals surface area contributed by atoms with E-state index in [9.17, 15) is 9.59 Å². The van der Waals surface area contributed by atoms with E-state index in [0.29, 0.717) is 5.69 Å². The second kappa shape index (κ2) is 9.32. The first-order valence-corrected chi connectivity index (χ1v) is 9.01. The van der Waals surface area contributed by atoms with Gasteiger partial charge >= 0.3 is 0 Å². The predicted molar refractivity (Wildman–Crippen MR) is 108 cm³/mol. The van der Waals surface area contributed by atoms with Gasteiger partial charge in [0.15, 0.2) is 0 Å². The molecule has 1 unspecified atom stereocenters. The number of rotatable bonds is 7. The zero-order valence-electron chi connectivity index (χ0n) is 15.5. The second-order valence-electron chi connectivity index (χ2n) is 6.33. The number of hydrogen-bond donors (Lipinski definition) is 3. The Morgan fingerprint density at radius 3 is 1.86 bits per heavy atom. The lowest BCUT2D eigenvalue weighted by atomic mass is 9.90. The van der Waals surface area contributed by atoms with Crippen molar-refractivity contribution in [3.63, 3.8) is 0 Å². The Labute approximate surface area is 164 Å². The van der Waals surface area contributed by atoms with Crippen molar-refractivity contribution in [2.45, 2.75) is 18.9 Å². The topological polar surface area (TPSA) is 83.1 Å². The maximum absolute atomic E-state index is 13.0. The van der Waals surface area contributed by atoms with E-state index in [4.69, 9.17) is 0 Å². The predicted octanol–water partition coefficient (Wildman–Crippen LogP) is 2.86. The number of anilines is 1. The van der Waals surface area contributed by atoms with Crippen LogP contribution in [0.2, 0.25) is 0 Å². The Morgan fingerprint density at radius 2 is 1.32 bits per heavy atom. The van der Waals surface area contributed by atoms with Gasteiger partial charge < -0.3 is 5.32 Å². The number of pyridine rings is 1. The van der Waals surface area contributed by atoms with Crippen LogP contribution < -0.4 is 16.2 Å². The van der Waals surface area contributed by atoms with Crippen molar-refractivity contribution in [1.82, 2.24) is 15.7 Å². The fraction of sp³-hybridized carbons (Fsp3) is 0.136. The molecule has 0 aliphatic rings. The van der Waals surface area contributed by atoms with E-state index in [-0.39, 0.29) is 11.8 Å². The molecule has 1 heterocycles. The van der Waals surface area contributed by atoms with E-state index < -0.39 is 12.0 Å². The molecule has 0 aliphatic carbocycles. The molecule has 28 heavy (non-hydrogen) atoms. The molecule has 0 bridgehead atoms. The van der Waals surface area contributed by atoms with E-state index in [0.717, 1.165) is 11.1 Å². The minimum absolute atomic E-state index is 0.232. The Balaban J connectivity index is 1.68. The Bertz CT molecular complexity index is 862. The summed E-state index contributed by atoms with van der Waals surface area (Å²) in [4.78, 5) is 29.3. The second-order valence-corrected chi connectivity index (χ2v) is 6.33. The van der Waals surface area contributed by atoms with Crippen LogP contribution in [0.3, 0.4) is 0 Å². The van der Waals surface area contributed by atoms with Crippen LogP contribution in [0.15, 0.2) is 85.2 Å². The summed E-state index contributed by atoms with van der Waals surface area (Å²) in [5.74, 6) is -1.07. The van der Waals surface area contributed by atoms with Crippen molar-refractivity contribution in [3.05, 3.63) is 96.3 Å². The molecule has 0 saturated carbocycles. The molecule has 0 aliphatic heterocycles. The molecule has 142 valence electrons. The zero-order chi connectivity index (χ0) is 19.8. The van der Waals surface area contributed by atoms with Gasteiger partial charge in [0.1, 0.15) is 6.04 Å². The van der Waals surface area contributed by atoms with Crippen molar-refractivity contribution in [3.8, 4) is 0 Å². The highest BCUT2D eigenvalue weighted by atomic mass is 16.2. The number of benzene rings is 2. The SMILES string of the molecule is CC(NC(=O)C(c1ccccc1)c1ccccc1)C(=O)NNc1ccncc1. The lowest BCUT2D eigenvalue weighted by Crippen LogP contribution is -2.47. The number of carbonyl (C=O) groups is 2. The molecule has 3 aromatic rings. The van der Waals surface area contributed by atoms with Crippen LogP contribution in [0.5, 0.6) is 0 Å². The summed E-state index contributed by atoms with van der Waals surface area (Å²) in [6.07, 6.45) is 3.23. The maximum Gasteiger partial charge on any atom is 0.260 e. The first-order chi connectivity index (χ1) is 13.6. The molecular formula is C22H22N4O2. The van der Waals surface area contributed by atoms with E-state index >= 15 is 0 Å². The number of hydrazine groups is 1. The van der Waals surface area contributed by atoms with E-state index in [2.05, 4.69) is 21.2 Å². The number of nitrogens with zero attached hydrogens (tertiary/aromatic N) is 1. The summed E-state index contributed by atoms with van der Waals surface area (Å²) >= 11 is 0. The molecule has 0 radical (unpaired) electrons. The summed E-state index contributed by atoms with van der Waals surface area (Å²) < 4.78 is 0. The first-order valence-electron chi connectivity index (χ1n) is 9.01. The summed E-state index contributed by atoms with van der Waals surface area (Å²) in [6, 6.07) is 21.8. The van der Waals surface area contributed by atoms with Crippen LogP contribution in [0, 0.1) is 0 Å². The molecule has 2 aromatic carbocycles. The highest BCUT2D eigenvalue weighted by Crippen LogP contribution is 2.24. The number of amides is 2. The van der Waals surface area contributed by atoms with Gasteiger partial charge in [0.2, 0.25) is 5.91 Å². The number of hydrogen-bond acceptors (Lipinski definition) is 4. The number of nitrogens with one attached hydrogen (secondary N) is 3. The van der Waals surface area contributed by atoms with Gasteiger partial charge in [-0.2, -0.15) is 0 Å². The van der Waals surface area contributed by atoms with Gasteiger partial charge in [-0.15, -0.1) is 0 Å². The average Bonchev–Trinajstić information content (AvgIpc) is 2.74. The summed E-state index contributed by atoms with van der Waals surface area (Å²) in [5, 5.41) is 2.81. The molecule has 0 fully saturated rings. The molecule has 1 atom stereocenters. The quantitative estimate of drug-likeness (QED) is 0.556. The van der Waals surface area contributed by atoms with Gasteiger partial charge in [-0.25, -0.2) is 0 Å². The van der Waals surface area contributed by atoms with Crippen LogP contribution >= 0.6 is 0 Å². The van der Waals surface area contributed by atoms with Crippen molar-refractivity contribution < 1.29 is 9.59 Å². The minimum atomic E-state index is -0.711. The van der Waals surface area contributed by atoms with E-state index in [1.807, 2.05) is 60.7 Å². The molecule has 6 heteroatoms. The molecule has 1 aromatic heterocycles. The molecule has 2 amide bonds. The summed E-state index contributed by atoms with van der Waals surface area (Å²) in [6.45, 7) is 1.65. The van der Waals surface area contributed by atoms with Crippen molar-refractivity contribution in [2.75, 3.05) is 5.43 Å². The average molecular weight is 374 g/mol. The van der Waals surface area contributed by atoms with Crippen molar-refractivity contribution in [1.29, 1.82) is 0 Å². The third-order valence-corrected chi connectivity index (χ3v) is 4.29. The molecule has 0 spiro atoms. The van der Waals surface area contributed by atoms with Gasteiger partial charge in [0.05, 0.1) is 11.6 Å². The van der Waals surface area contributed by atoms with Gasteiger partial charge in [0.25, 0.3) is 5.91 Å². The third kappa shape index (κ3) is 4.94. The highest BCUT2D eigenvalue weighted by Gasteiger charge is 2.25. The molecular weight excluding hydrogens is 352 g/mol. The smallest absolute Gasteiger partial charge is 0.260 e. The third-order valence-electron chi connectivity index (χ3n) is 4.29. The fourth-order valence-electron chi connectivity index (χ4n) is 2.83. The first kappa shape index (κ1) is 19.1. The zero-order valence-corrected chi connectivity index (χ0v) is 15.5. The molecule has 6 nitrogen and oxygen atoms in total. The number of carbonyl (C=O) groups excluding carboxylic acids is 2. The van der Waals surface area contributed by atoms with Crippen LogP contribution in [-0.2, 0) is 9.59 Å². The standard InChI is InChI=1S/C22H22N4O2/c1-16(21(27)26-25-19-12-14-23-15-13-19)24-22(28)20(17-8-4-2-5-9-17)18-10-6-3-7-11-18/h2-16,20H,1H3,(H,23,25)(H,24,28)(H,26,27). The molecule has 3 rings (SSSR count). The summed E-state index contributed by atoms with van der Waals surface area (Å²) in [5.41, 5.74) is 7.83. The van der Waals surface area contributed by atoms with Crippen LogP contribution in [0.25, 0.3) is 0 Å². The van der Waals surface area contributed by atoms with E-state index in [1.54, 1.807) is 31.5 Å². The number of aromatic nitrogens is 1. The van der Waals surface area contributed by atoms with Crippen LogP contribution in [0.4, 0.5) is 5.69 Å². The largest absolute Gasteiger partial charge is 0.344 e. The van der Waals surface area contributed by atoms with Gasteiger partial charge in [-0.3, -0.25) is 25.4 Å². The van der Waals surface area contributed by atoms with Gasteiger partial charge in [0, 0.05) is 12.4 Å². The molecule has 0 saturated heterocycles. The lowest BCUT2D eigenvalue weighted by Gasteiger charge is -2.21. The fourth-order valence-corrected chi connectivity index (χ4v) is 2.83. The molecule has 3 N–H and O–H groups in total. The van der Waals surface area contributed by atoms with Crippen LogP contribution in [-0.4, -0.2) is 22.8 Å². The van der Waals surface area contributed by atoms with Gasteiger partial charge in [-0.1, -0.05) is 60.7 Å². The lowest BCUT2D eigenvalue weighted by molar-refractivity contribution is -0.128. The Morgan fingerprint density at radius 1 is 0.786 bits per heavy atom. The van der Waals surface area contributed by atoms with Crippen molar-refractivity contribution in [2.24, 2.45) is 0 Å². The highest BCUT2D eigenvalue weighted by molar-refractivity contribution is 5.92. The van der Waals surface area contributed by atoms with E-state index in [1.165, 1.54) is 0 Å². The van der Waals surface area contributed by atoms with Gasteiger partial charge in [-0.05, 0) is 30.2 Å². The maximum atomic E-state index is 13.0. The Kier molecular flexibility index (Phi) is 6.36. The monoisotopic (exact) mass is 374 g/mol. The minimum Gasteiger partial charge on any atom is -0.344 e.